The zero-order chi connectivity index (χ0) is 24.4. The molecule has 3 heterocycles. The Bertz CT molecular complexity index is 1230. The van der Waals surface area contributed by atoms with Gasteiger partial charge in [0.2, 0.25) is 0 Å². The second-order valence-electron chi connectivity index (χ2n) is 8.92. The number of nitrogens with zero attached hydrogens (tertiary/aromatic N) is 3. The van der Waals surface area contributed by atoms with Crippen LogP contribution in [0.1, 0.15) is 35.3 Å². The average Bonchev–Trinajstić information content (AvgIpc) is 3.39. The van der Waals surface area contributed by atoms with E-state index in [4.69, 9.17) is 9.72 Å². The van der Waals surface area contributed by atoms with Gasteiger partial charge in [0.15, 0.2) is 11.6 Å². The van der Waals surface area contributed by atoms with E-state index in [0.717, 1.165) is 43.0 Å². The van der Waals surface area contributed by atoms with Gasteiger partial charge in [0.25, 0.3) is 5.91 Å². The van der Waals surface area contributed by atoms with Crippen molar-refractivity contribution in [3.8, 4) is 0 Å². The maximum atomic E-state index is 13.8. The highest BCUT2D eigenvalue weighted by Gasteiger charge is 2.22. The third-order valence-corrected chi connectivity index (χ3v) is 6.43. The van der Waals surface area contributed by atoms with Crippen LogP contribution < -0.4 is 20.9 Å². The van der Waals surface area contributed by atoms with Crippen molar-refractivity contribution < 1.29 is 18.3 Å². The van der Waals surface area contributed by atoms with Crippen molar-refractivity contribution >= 4 is 28.4 Å². The Morgan fingerprint density at radius 1 is 1.20 bits per heavy atom. The number of nitrogens with one attached hydrogen (secondary N) is 3. The first-order chi connectivity index (χ1) is 17.0. The SMILES string of the molecule is CC(Nc1ccc(F)c(F)c1)c1cc(C(=O)NC2CCNC2)cc2ncc(N3CCOCC3)nc12. The van der Waals surface area contributed by atoms with Crippen molar-refractivity contribution in [3.63, 3.8) is 0 Å². The first-order valence-corrected chi connectivity index (χ1v) is 11.8. The van der Waals surface area contributed by atoms with Gasteiger partial charge in [0.1, 0.15) is 5.82 Å². The Hall–Kier alpha value is -3.37. The first kappa shape index (κ1) is 23.4. The minimum Gasteiger partial charge on any atom is -0.378 e. The molecule has 2 saturated heterocycles. The standard InChI is InChI=1S/C25H28F2N6O2/c1-15(30-17-2-3-20(26)21(27)12-17)19-10-16(25(34)31-18-4-5-28-13-18)11-22-24(19)32-23(14-29-22)33-6-8-35-9-7-33/h2-3,10-12,14-15,18,28,30H,4-9,13H2,1H3,(H,31,34). The lowest BCUT2D eigenvalue weighted by Gasteiger charge is -2.28. The van der Waals surface area contributed by atoms with E-state index < -0.39 is 11.6 Å². The number of halogens is 2. The average molecular weight is 483 g/mol. The second-order valence-corrected chi connectivity index (χ2v) is 8.92. The van der Waals surface area contributed by atoms with Crippen molar-refractivity contribution in [2.75, 3.05) is 49.6 Å². The van der Waals surface area contributed by atoms with Crippen molar-refractivity contribution in [2.45, 2.75) is 25.4 Å². The van der Waals surface area contributed by atoms with Crippen LogP contribution in [0.25, 0.3) is 11.0 Å². The van der Waals surface area contributed by atoms with Gasteiger partial charge in [-0.3, -0.25) is 9.78 Å². The molecular formula is C25H28F2N6O2. The molecule has 3 aromatic rings. The van der Waals surface area contributed by atoms with Gasteiger partial charge in [-0.05, 0) is 44.2 Å². The van der Waals surface area contributed by atoms with Gasteiger partial charge in [-0.15, -0.1) is 0 Å². The summed E-state index contributed by atoms with van der Waals surface area (Å²) in [5, 5.41) is 9.52. The van der Waals surface area contributed by atoms with E-state index in [9.17, 15) is 13.6 Å². The summed E-state index contributed by atoms with van der Waals surface area (Å²) in [6, 6.07) is 6.94. The van der Waals surface area contributed by atoms with E-state index in [1.807, 2.05) is 6.92 Å². The molecule has 0 radical (unpaired) electrons. The Morgan fingerprint density at radius 3 is 2.77 bits per heavy atom. The molecule has 10 heteroatoms. The summed E-state index contributed by atoms with van der Waals surface area (Å²) in [4.78, 5) is 24.7. The topological polar surface area (TPSA) is 91.4 Å². The van der Waals surface area contributed by atoms with E-state index in [1.54, 1.807) is 18.3 Å². The largest absolute Gasteiger partial charge is 0.378 e. The van der Waals surface area contributed by atoms with E-state index >= 15 is 0 Å². The molecule has 0 saturated carbocycles. The van der Waals surface area contributed by atoms with E-state index in [0.29, 0.717) is 48.6 Å². The number of fused-ring (bicyclic) bond motifs is 1. The molecule has 8 nitrogen and oxygen atoms in total. The Morgan fingerprint density at radius 2 is 2.03 bits per heavy atom. The van der Waals surface area contributed by atoms with Gasteiger partial charge in [-0.25, -0.2) is 13.8 Å². The van der Waals surface area contributed by atoms with Crippen LogP contribution in [0.5, 0.6) is 0 Å². The minimum atomic E-state index is -0.931. The summed E-state index contributed by atoms with van der Waals surface area (Å²) in [7, 11) is 0. The number of carbonyl (C=O) groups excluding carboxylic acids is 1. The molecule has 0 spiro atoms. The molecule has 1 amide bonds. The molecule has 2 atom stereocenters. The number of ether oxygens (including phenoxy) is 1. The number of amides is 1. The summed E-state index contributed by atoms with van der Waals surface area (Å²) < 4.78 is 32.7. The molecule has 184 valence electrons. The van der Waals surface area contributed by atoms with Crippen LogP contribution in [0.4, 0.5) is 20.3 Å². The van der Waals surface area contributed by atoms with Crippen LogP contribution in [-0.4, -0.2) is 61.3 Å². The summed E-state index contributed by atoms with van der Waals surface area (Å²) in [6.07, 6.45) is 2.59. The molecule has 2 aromatic carbocycles. The monoisotopic (exact) mass is 482 g/mol. The summed E-state index contributed by atoms with van der Waals surface area (Å²) >= 11 is 0. The quantitative estimate of drug-likeness (QED) is 0.498. The number of morpholine rings is 1. The zero-order valence-electron chi connectivity index (χ0n) is 19.5. The highest BCUT2D eigenvalue weighted by atomic mass is 19.2. The summed E-state index contributed by atoms with van der Waals surface area (Å²) in [6.45, 7) is 6.18. The molecule has 2 aliphatic heterocycles. The number of hydrogen-bond acceptors (Lipinski definition) is 7. The van der Waals surface area contributed by atoms with Crippen LogP contribution in [0.2, 0.25) is 0 Å². The number of anilines is 2. The molecule has 0 bridgehead atoms. The van der Waals surface area contributed by atoms with Gasteiger partial charge in [-0.2, -0.15) is 0 Å². The van der Waals surface area contributed by atoms with Gasteiger partial charge in [0, 0.05) is 48.6 Å². The fraction of sp³-hybridized carbons (Fsp3) is 0.400. The maximum absolute atomic E-state index is 13.8. The maximum Gasteiger partial charge on any atom is 0.251 e. The number of benzene rings is 2. The fourth-order valence-corrected chi connectivity index (χ4v) is 4.50. The van der Waals surface area contributed by atoms with Gasteiger partial charge in [-0.1, -0.05) is 0 Å². The lowest BCUT2D eigenvalue weighted by molar-refractivity contribution is 0.0940. The third-order valence-electron chi connectivity index (χ3n) is 6.43. The predicted molar refractivity (Wildman–Crippen MR) is 130 cm³/mol. The molecule has 2 fully saturated rings. The number of hydrogen-bond donors (Lipinski definition) is 3. The number of aromatic nitrogens is 2. The van der Waals surface area contributed by atoms with Crippen molar-refractivity contribution in [1.29, 1.82) is 0 Å². The van der Waals surface area contributed by atoms with Crippen LogP contribution in [0.15, 0.2) is 36.5 Å². The van der Waals surface area contributed by atoms with Crippen molar-refractivity contribution in [2.24, 2.45) is 0 Å². The number of rotatable bonds is 6. The van der Waals surface area contributed by atoms with Crippen LogP contribution in [0.3, 0.4) is 0 Å². The Balaban J connectivity index is 1.51. The molecule has 2 unspecified atom stereocenters. The highest BCUT2D eigenvalue weighted by molar-refractivity contribution is 5.98. The molecule has 3 N–H and O–H groups in total. The molecule has 0 aliphatic carbocycles. The molecule has 35 heavy (non-hydrogen) atoms. The number of carbonyl (C=O) groups is 1. The van der Waals surface area contributed by atoms with Gasteiger partial charge < -0.3 is 25.6 Å². The van der Waals surface area contributed by atoms with Gasteiger partial charge >= 0.3 is 0 Å². The molecular weight excluding hydrogens is 454 g/mol. The predicted octanol–water partition coefficient (Wildman–Crippen LogP) is 3.01. The summed E-state index contributed by atoms with van der Waals surface area (Å²) in [5.41, 5.74) is 2.88. The third kappa shape index (κ3) is 5.18. The fourth-order valence-electron chi connectivity index (χ4n) is 4.50. The normalized spacial score (nSPS) is 19.1. The van der Waals surface area contributed by atoms with E-state index in [2.05, 4.69) is 25.8 Å². The zero-order valence-corrected chi connectivity index (χ0v) is 19.5. The van der Waals surface area contributed by atoms with Crippen LogP contribution in [0, 0.1) is 11.6 Å². The van der Waals surface area contributed by atoms with E-state index in [1.165, 1.54) is 6.07 Å². The first-order valence-electron chi connectivity index (χ1n) is 11.8. The Kier molecular flexibility index (Phi) is 6.74. The lowest BCUT2D eigenvalue weighted by atomic mass is 10.0. The molecule has 1 aromatic heterocycles. The molecule has 2 aliphatic rings. The smallest absolute Gasteiger partial charge is 0.251 e. The lowest BCUT2D eigenvalue weighted by Crippen LogP contribution is -2.37. The van der Waals surface area contributed by atoms with E-state index in [-0.39, 0.29) is 18.0 Å². The van der Waals surface area contributed by atoms with Crippen molar-refractivity contribution in [1.82, 2.24) is 20.6 Å². The summed E-state index contributed by atoms with van der Waals surface area (Å²) in [5.74, 6) is -1.29. The Labute approximate surface area is 202 Å². The molecule has 5 rings (SSSR count). The minimum absolute atomic E-state index is 0.0779. The van der Waals surface area contributed by atoms with Crippen LogP contribution >= 0.6 is 0 Å². The van der Waals surface area contributed by atoms with Crippen molar-refractivity contribution in [3.05, 3.63) is 59.3 Å². The second kappa shape index (κ2) is 10.1. The van der Waals surface area contributed by atoms with Crippen LogP contribution in [-0.2, 0) is 4.74 Å². The van der Waals surface area contributed by atoms with Gasteiger partial charge in [0.05, 0.1) is 36.5 Å². The highest BCUT2D eigenvalue weighted by Crippen LogP contribution is 2.29.